The van der Waals surface area contributed by atoms with E-state index in [4.69, 9.17) is 10.2 Å². The number of benzene rings is 2. The third-order valence-corrected chi connectivity index (χ3v) is 5.88. The van der Waals surface area contributed by atoms with Crippen molar-refractivity contribution in [2.24, 2.45) is 10.7 Å². The molecule has 0 radical (unpaired) electrons. The molecule has 178 valence electrons. The zero-order valence-electron chi connectivity index (χ0n) is 20.1. The lowest BCUT2D eigenvalue weighted by Gasteiger charge is -2.20. The van der Waals surface area contributed by atoms with Crippen LogP contribution in [-0.4, -0.2) is 18.2 Å². The Labute approximate surface area is 203 Å². The van der Waals surface area contributed by atoms with E-state index in [9.17, 15) is 9.18 Å². The highest BCUT2D eigenvalue weighted by Gasteiger charge is 2.20. The smallest absolute Gasteiger partial charge is 0.196 e. The predicted octanol–water partition coefficient (Wildman–Crippen LogP) is 5.78. The van der Waals surface area contributed by atoms with Gasteiger partial charge in [0.15, 0.2) is 5.43 Å². The van der Waals surface area contributed by atoms with Crippen LogP contribution in [0.5, 0.6) is 0 Å². The largest absolute Gasteiger partial charge is 0.455 e. The Kier molecular flexibility index (Phi) is 6.78. The predicted molar refractivity (Wildman–Crippen MR) is 140 cm³/mol. The van der Waals surface area contributed by atoms with E-state index in [0.29, 0.717) is 44.8 Å². The van der Waals surface area contributed by atoms with Crippen LogP contribution in [0, 0.1) is 19.7 Å². The molecule has 2 aromatic carbocycles. The molecule has 0 aliphatic heterocycles. The average molecular weight is 471 g/mol. The highest BCUT2D eigenvalue weighted by Crippen LogP contribution is 2.33. The van der Waals surface area contributed by atoms with Crippen LogP contribution in [0.25, 0.3) is 27.8 Å². The number of pyridine rings is 1. The maximum Gasteiger partial charge on any atom is 0.196 e. The fraction of sp³-hybridized carbons (Fsp3) is 0.179. The van der Waals surface area contributed by atoms with Crippen molar-refractivity contribution in [2.75, 3.05) is 12.4 Å². The number of nitrogens with two attached hydrogens (primary N) is 1. The van der Waals surface area contributed by atoms with E-state index < -0.39 is 0 Å². The fourth-order valence-corrected chi connectivity index (χ4v) is 4.18. The van der Waals surface area contributed by atoms with Crippen molar-refractivity contribution < 1.29 is 8.81 Å². The van der Waals surface area contributed by atoms with Crippen molar-refractivity contribution in [3.05, 3.63) is 99.4 Å². The van der Waals surface area contributed by atoms with Gasteiger partial charge in [-0.25, -0.2) is 4.39 Å². The minimum absolute atomic E-state index is 0.129. The maximum atomic E-state index is 14.5. The molecule has 0 fully saturated rings. The Morgan fingerprint density at radius 1 is 1.20 bits per heavy atom. The van der Waals surface area contributed by atoms with Gasteiger partial charge in [0, 0.05) is 42.3 Å². The molecule has 35 heavy (non-hydrogen) atoms. The van der Waals surface area contributed by atoms with Crippen LogP contribution < -0.4 is 16.5 Å². The molecule has 2 heterocycles. The number of rotatable bonds is 6. The minimum Gasteiger partial charge on any atom is -0.455 e. The molecule has 1 atom stereocenters. The van der Waals surface area contributed by atoms with E-state index in [0.717, 1.165) is 11.1 Å². The van der Waals surface area contributed by atoms with E-state index in [-0.39, 0.29) is 17.3 Å². The number of hydrogen-bond donors (Lipinski definition) is 2. The summed E-state index contributed by atoms with van der Waals surface area (Å²) in [5.74, 6) is 0.0223. The summed E-state index contributed by atoms with van der Waals surface area (Å²) in [6, 6.07) is 13.7. The number of aryl methyl sites for hydroxylation is 1. The van der Waals surface area contributed by atoms with Crippen molar-refractivity contribution >= 4 is 28.4 Å². The molecule has 2 aromatic heterocycles. The van der Waals surface area contributed by atoms with Crippen LogP contribution in [0.2, 0.25) is 0 Å². The Morgan fingerprint density at radius 3 is 2.69 bits per heavy atom. The minimum atomic E-state index is -0.354. The number of hydrogen-bond acceptors (Lipinski definition) is 6. The molecular formula is C28H27FN4O2. The lowest BCUT2D eigenvalue weighted by Crippen LogP contribution is -2.14. The van der Waals surface area contributed by atoms with Gasteiger partial charge in [0.05, 0.1) is 28.4 Å². The van der Waals surface area contributed by atoms with E-state index in [1.54, 1.807) is 50.6 Å². The second-order valence-corrected chi connectivity index (χ2v) is 8.37. The molecule has 0 amide bonds. The van der Waals surface area contributed by atoms with Gasteiger partial charge in [-0.3, -0.25) is 14.8 Å². The van der Waals surface area contributed by atoms with E-state index in [1.807, 2.05) is 32.0 Å². The summed E-state index contributed by atoms with van der Waals surface area (Å²) in [6.07, 6.45) is 4.56. The lowest BCUT2D eigenvalue weighted by molar-refractivity contribution is 0.576. The zero-order valence-corrected chi connectivity index (χ0v) is 20.1. The summed E-state index contributed by atoms with van der Waals surface area (Å²) in [5.41, 5.74) is 10.4. The van der Waals surface area contributed by atoms with Crippen LogP contribution in [0.1, 0.15) is 35.4 Å². The Balaban J connectivity index is 1.86. The normalized spacial score (nSPS) is 12.9. The van der Waals surface area contributed by atoms with E-state index in [2.05, 4.69) is 15.3 Å². The van der Waals surface area contributed by atoms with Crippen molar-refractivity contribution in [1.29, 1.82) is 0 Å². The third-order valence-electron chi connectivity index (χ3n) is 5.88. The summed E-state index contributed by atoms with van der Waals surface area (Å²) >= 11 is 0. The van der Waals surface area contributed by atoms with Crippen molar-refractivity contribution in [1.82, 2.24) is 4.98 Å². The van der Waals surface area contributed by atoms with Crippen molar-refractivity contribution in [3.8, 4) is 11.3 Å². The van der Waals surface area contributed by atoms with Crippen LogP contribution in [0.4, 0.5) is 10.1 Å². The fourth-order valence-electron chi connectivity index (χ4n) is 4.18. The molecule has 1 unspecified atom stereocenters. The molecule has 6 nitrogen and oxygen atoms in total. The van der Waals surface area contributed by atoms with Gasteiger partial charge >= 0.3 is 0 Å². The molecule has 0 aliphatic carbocycles. The zero-order chi connectivity index (χ0) is 25.1. The van der Waals surface area contributed by atoms with Gasteiger partial charge in [-0.2, -0.15) is 0 Å². The number of nitrogens with one attached hydrogen (secondary N) is 1. The van der Waals surface area contributed by atoms with Crippen LogP contribution in [-0.2, 0) is 0 Å². The van der Waals surface area contributed by atoms with Gasteiger partial charge < -0.3 is 15.5 Å². The molecular weight excluding hydrogens is 443 g/mol. The van der Waals surface area contributed by atoms with Gasteiger partial charge in [-0.1, -0.05) is 18.2 Å². The molecule has 7 heteroatoms. The quantitative estimate of drug-likeness (QED) is 0.348. The van der Waals surface area contributed by atoms with Crippen molar-refractivity contribution in [2.45, 2.75) is 26.8 Å². The highest BCUT2D eigenvalue weighted by atomic mass is 19.1. The second kappa shape index (κ2) is 9.93. The number of allylic oxidation sites excluding steroid dienone is 1. The Morgan fingerprint density at radius 2 is 1.97 bits per heavy atom. The second-order valence-electron chi connectivity index (χ2n) is 8.37. The van der Waals surface area contributed by atoms with Gasteiger partial charge in [0.25, 0.3) is 0 Å². The molecule has 4 rings (SSSR count). The molecule has 0 aliphatic rings. The monoisotopic (exact) mass is 470 g/mol. The Bertz CT molecular complexity index is 1520. The topological polar surface area (TPSA) is 93.5 Å². The Hall–Kier alpha value is -4.26. The van der Waals surface area contributed by atoms with E-state index >= 15 is 0 Å². The van der Waals surface area contributed by atoms with Gasteiger partial charge in [0.2, 0.25) is 0 Å². The molecule has 0 spiro atoms. The number of fused-ring (bicyclic) bond motifs is 1. The van der Waals surface area contributed by atoms with Gasteiger partial charge in [-0.05, 0) is 56.7 Å². The van der Waals surface area contributed by atoms with Crippen LogP contribution in [0.3, 0.4) is 0 Å². The standard InChI is InChI=1S/C28H27FN4O2/c1-16-12-21(28-22(13-16)26(34)17(2)27(35-28)19(14-30)15-31-4)18(3)33-24-10-7-11-32-25(24)20-8-5-6-9-23(20)29/h5-15,18,33H,30H2,1-4H3/b19-14+,31-15?. The van der Waals surface area contributed by atoms with Crippen LogP contribution >= 0.6 is 0 Å². The maximum absolute atomic E-state index is 14.5. The first kappa shape index (κ1) is 23.9. The summed E-state index contributed by atoms with van der Waals surface area (Å²) in [6.45, 7) is 5.61. The lowest BCUT2D eigenvalue weighted by atomic mass is 9.98. The number of anilines is 1. The third kappa shape index (κ3) is 4.57. The number of nitrogens with zero attached hydrogens (tertiary/aromatic N) is 2. The highest BCUT2D eigenvalue weighted by molar-refractivity contribution is 6.09. The first-order valence-electron chi connectivity index (χ1n) is 11.2. The molecule has 0 saturated carbocycles. The summed E-state index contributed by atoms with van der Waals surface area (Å²) in [4.78, 5) is 21.7. The molecule has 3 N–H and O–H groups in total. The molecule has 0 saturated heterocycles. The van der Waals surface area contributed by atoms with Crippen LogP contribution in [0.15, 0.2) is 75.1 Å². The van der Waals surface area contributed by atoms with Gasteiger partial charge in [-0.15, -0.1) is 0 Å². The summed E-state index contributed by atoms with van der Waals surface area (Å²) in [5, 5.41) is 3.92. The summed E-state index contributed by atoms with van der Waals surface area (Å²) < 4.78 is 20.8. The van der Waals surface area contributed by atoms with Crippen molar-refractivity contribution in [3.63, 3.8) is 0 Å². The summed E-state index contributed by atoms with van der Waals surface area (Å²) in [7, 11) is 1.62. The van der Waals surface area contributed by atoms with E-state index in [1.165, 1.54) is 12.3 Å². The SMILES string of the molecule is CN=C/C(=C\N)c1oc2c(C(C)Nc3cccnc3-c3ccccc3F)cc(C)cc2c(=O)c1C. The number of halogens is 1. The average Bonchev–Trinajstić information content (AvgIpc) is 2.85. The first-order valence-corrected chi connectivity index (χ1v) is 11.2. The first-order chi connectivity index (χ1) is 16.8. The van der Waals surface area contributed by atoms with Gasteiger partial charge in [0.1, 0.15) is 17.2 Å². The number of aliphatic imine (C=N–C) groups is 1. The number of aromatic nitrogens is 1. The molecule has 0 bridgehead atoms. The molecule has 4 aromatic rings.